The van der Waals surface area contributed by atoms with Crippen LogP contribution in [0.15, 0.2) is 24.3 Å². The largest absolute Gasteiger partial charge is 0.326 e. The van der Waals surface area contributed by atoms with Crippen molar-refractivity contribution in [2.24, 2.45) is 0 Å². The van der Waals surface area contributed by atoms with Crippen LogP contribution in [0.4, 0.5) is 5.69 Å². The number of carbonyl (C=O) groups excluding carboxylic acids is 1. The molecule has 15 heavy (non-hydrogen) atoms. The van der Waals surface area contributed by atoms with Crippen molar-refractivity contribution in [2.45, 2.75) is 39.5 Å². The number of nitrogens with one attached hydrogen (secondary N) is 1. The van der Waals surface area contributed by atoms with Crippen LogP contribution in [0.2, 0.25) is 0 Å². The number of rotatable bonds is 5. The number of aryl methyl sites for hydroxylation is 1. The van der Waals surface area contributed by atoms with Crippen molar-refractivity contribution in [1.82, 2.24) is 0 Å². The average molecular weight is 205 g/mol. The van der Waals surface area contributed by atoms with Crippen LogP contribution < -0.4 is 5.32 Å². The van der Waals surface area contributed by atoms with E-state index in [9.17, 15) is 4.79 Å². The van der Waals surface area contributed by atoms with Gasteiger partial charge in [-0.25, -0.2) is 0 Å². The van der Waals surface area contributed by atoms with Gasteiger partial charge in [0.1, 0.15) is 0 Å². The molecule has 0 aliphatic heterocycles. The smallest absolute Gasteiger partial charge is 0.224 e. The topological polar surface area (TPSA) is 29.1 Å². The summed E-state index contributed by atoms with van der Waals surface area (Å²) in [5.74, 6) is 0.112. The Kier molecular flexibility index (Phi) is 4.88. The number of hydrogen-bond acceptors (Lipinski definition) is 1. The molecule has 0 aliphatic rings. The molecule has 0 unspecified atom stereocenters. The predicted octanol–water partition coefficient (Wildman–Crippen LogP) is 3.38. The van der Waals surface area contributed by atoms with Gasteiger partial charge in [0.25, 0.3) is 0 Å². The van der Waals surface area contributed by atoms with E-state index in [4.69, 9.17) is 0 Å². The van der Waals surface area contributed by atoms with Gasteiger partial charge in [0, 0.05) is 12.1 Å². The van der Waals surface area contributed by atoms with E-state index in [0.717, 1.165) is 24.9 Å². The van der Waals surface area contributed by atoms with Gasteiger partial charge in [-0.2, -0.15) is 0 Å². The third-order valence-electron chi connectivity index (χ3n) is 2.29. The summed E-state index contributed by atoms with van der Waals surface area (Å²) in [4.78, 5) is 11.5. The minimum absolute atomic E-state index is 0.112. The van der Waals surface area contributed by atoms with Gasteiger partial charge in [0.15, 0.2) is 0 Å². The first-order valence-corrected chi connectivity index (χ1v) is 5.65. The Labute approximate surface area is 91.7 Å². The summed E-state index contributed by atoms with van der Waals surface area (Å²) >= 11 is 0. The second-order valence-electron chi connectivity index (χ2n) is 3.71. The molecule has 0 atom stereocenters. The van der Waals surface area contributed by atoms with Crippen molar-refractivity contribution >= 4 is 11.6 Å². The van der Waals surface area contributed by atoms with E-state index in [1.54, 1.807) is 0 Å². The van der Waals surface area contributed by atoms with Crippen molar-refractivity contribution < 1.29 is 4.79 Å². The number of hydrogen-bond donors (Lipinski definition) is 1. The highest BCUT2D eigenvalue weighted by Gasteiger charge is 2.04. The van der Waals surface area contributed by atoms with E-state index < -0.39 is 0 Å². The third kappa shape index (κ3) is 3.74. The van der Waals surface area contributed by atoms with Crippen LogP contribution in [0.3, 0.4) is 0 Å². The number of amides is 1. The zero-order chi connectivity index (χ0) is 11.1. The van der Waals surface area contributed by atoms with Crippen LogP contribution in [0.5, 0.6) is 0 Å². The molecule has 0 saturated carbocycles. The number of anilines is 1. The van der Waals surface area contributed by atoms with Gasteiger partial charge >= 0.3 is 0 Å². The summed E-state index contributed by atoms with van der Waals surface area (Å²) < 4.78 is 0. The van der Waals surface area contributed by atoms with Gasteiger partial charge in [-0.15, -0.1) is 0 Å². The van der Waals surface area contributed by atoms with Gasteiger partial charge in [-0.3, -0.25) is 4.79 Å². The Morgan fingerprint density at radius 3 is 2.60 bits per heavy atom. The molecule has 1 aromatic rings. The summed E-state index contributed by atoms with van der Waals surface area (Å²) in [6, 6.07) is 8.02. The fourth-order valence-corrected chi connectivity index (χ4v) is 1.57. The molecule has 0 radical (unpaired) electrons. The lowest BCUT2D eigenvalue weighted by Gasteiger charge is -2.09. The Morgan fingerprint density at radius 2 is 1.93 bits per heavy atom. The minimum atomic E-state index is 0.112. The fraction of sp³-hybridized carbons (Fsp3) is 0.462. The van der Waals surface area contributed by atoms with Crippen molar-refractivity contribution in [3.8, 4) is 0 Å². The molecule has 1 N–H and O–H groups in total. The number of para-hydroxylation sites is 1. The van der Waals surface area contributed by atoms with Crippen LogP contribution in [0, 0.1) is 0 Å². The normalized spacial score (nSPS) is 10.0. The Balaban J connectivity index is 2.70. The van der Waals surface area contributed by atoms with Crippen LogP contribution in [0.1, 0.15) is 38.7 Å². The van der Waals surface area contributed by atoms with E-state index in [2.05, 4.69) is 18.3 Å². The average Bonchev–Trinajstić information content (AvgIpc) is 2.21. The quantitative estimate of drug-likeness (QED) is 0.784. The fourth-order valence-electron chi connectivity index (χ4n) is 1.57. The van der Waals surface area contributed by atoms with Crippen LogP contribution in [-0.4, -0.2) is 5.91 Å². The first-order valence-electron chi connectivity index (χ1n) is 5.65. The molecule has 0 bridgehead atoms. The summed E-state index contributed by atoms with van der Waals surface area (Å²) in [7, 11) is 0. The number of benzene rings is 1. The van der Waals surface area contributed by atoms with Crippen molar-refractivity contribution in [3.63, 3.8) is 0 Å². The molecule has 0 aromatic heterocycles. The highest BCUT2D eigenvalue weighted by molar-refractivity contribution is 5.91. The molecule has 0 aliphatic carbocycles. The Morgan fingerprint density at radius 1 is 1.20 bits per heavy atom. The molecule has 0 spiro atoms. The van der Waals surface area contributed by atoms with Gasteiger partial charge in [-0.1, -0.05) is 38.5 Å². The molecule has 0 fully saturated rings. The van der Waals surface area contributed by atoms with Gasteiger partial charge < -0.3 is 5.32 Å². The lowest BCUT2D eigenvalue weighted by Crippen LogP contribution is -2.12. The van der Waals surface area contributed by atoms with Crippen LogP contribution in [-0.2, 0) is 11.2 Å². The molecule has 1 rings (SSSR count). The molecule has 2 nitrogen and oxygen atoms in total. The van der Waals surface area contributed by atoms with E-state index in [0.29, 0.717) is 6.42 Å². The molecular formula is C13H19NO. The zero-order valence-corrected chi connectivity index (χ0v) is 9.55. The SMILES string of the molecule is CCCC(=O)Nc1ccccc1CCC. The van der Waals surface area contributed by atoms with E-state index in [-0.39, 0.29) is 5.91 Å². The lowest BCUT2D eigenvalue weighted by atomic mass is 10.1. The first-order chi connectivity index (χ1) is 7.27. The second kappa shape index (κ2) is 6.23. The lowest BCUT2D eigenvalue weighted by molar-refractivity contribution is -0.116. The second-order valence-corrected chi connectivity index (χ2v) is 3.71. The Bertz CT molecular complexity index is 320. The Hall–Kier alpha value is -1.31. The molecule has 1 aromatic carbocycles. The highest BCUT2D eigenvalue weighted by Crippen LogP contribution is 2.16. The molecule has 0 saturated heterocycles. The van der Waals surface area contributed by atoms with Crippen molar-refractivity contribution in [3.05, 3.63) is 29.8 Å². The molecule has 2 heteroatoms. The summed E-state index contributed by atoms with van der Waals surface area (Å²) in [5, 5.41) is 2.96. The van der Waals surface area contributed by atoms with E-state index in [1.807, 2.05) is 25.1 Å². The molecule has 0 heterocycles. The maximum atomic E-state index is 11.5. The first kappa shape index (κ1) is 11.8. The predicted molar refractivity (Wildman–Crippen MR) is 64.0 cm³/mol. The van der Waals surface area contributed by atoms with Crippen molar-refractivity contribution in [2.75, 3.05) is 5.32 Å². The summed E-state index contributed by atoms with van der Waals surface area (Å²) in [6.45, 7) is 4.15. The standard InChI is InChI=1S/C13H19NO/c1-3-7-11-9-5-6-10-12(11)14-13(15)8-4-2/h5-6,9-10H,3-4,7-8H2,1-2H3,(H,14,15). The van der Waals surface area contributed by atoms with Gasteiger partial charge in [0.2, 0.25) is 5.91 Å². The summed E-state index contributed by atoms with van der Waals surface area (Å²) in [5.41, 5.74) is 2.20. The molecule has 82 valence electrons. The van der Waals surface area contributed by atoms with Crippen molar-refractivity contribution in [1.29, 1.82) is 0 Å². The van der Waals surface area contributed by atoms with Crippen LogP contribution in [0.25, 0.3) is 0 Å². The maximum Gasteiger partial charge on any atom is 0.224 e. The number of carbonyl (C=O) groups is 1. The molecule has 1 amide bonds. The highest BCUT2D eigenvalue weighted by atomic mass is 16.1. The minimum Gasteiger partial charge on any atom is -0.326 e. The maximum absolute atomic E-state index is 11.5. The summed E-state index contributed by atoms with van der Waals surface area (Å²) in [6.07, 6.45) is 3.60. The zero-order valence-electron chi connectivity index (χ0n) is 9.55. The third-order valence-corrected chi connectivity index (χ3v) is 2.29. The van der Waals surface area contributed by atoms with Gasteiger partial charge in [-0.05, 0) is 24.5 Å². The monoisotopic (exact) mass is 205 g/mol. The van der Waals surface area contributed by atoms with Crippen LogP contribution >= 0.6 is 0 Å². The van der Waals surface area contributed by atoms with E-state index in [1.165, 1.54) is 5.56 Å². The van der Waals surface area contributed by atoms with E-state index >= 15 is 0 Å². The van der Waals surface area contributed by atoms with Gasteiger partial charge in [0.05, 0.1) is 0 Å². The molecular weight excluding hydrogens is 186 g/mol.